The highest BCUT2D eigenvalue weighted by molar-refractivity contribution is 6.31. The maximum Gasteiger partial charge on any atom is 0.339 e. The van der Waals surface area contributed by atoms with Crippen molar-refractivity contribution in [1.82, 2.24) is 15.0 Å². The van der Waals surface area contributed by atoms with Gasteiger partial charge < -0.3 is 9.72 Å². The molecule has 0 saturated heterocycles. The fourth-order valence-electron chi connectivity index (χ4n) is 4.22. The molecular formula is C24H20ClN3O3. The molecule has 31 heavy (non-hydrogen) atoms. The number of pyridine rings is 1. The number of carbonyl (C=O) groups is 1. The second kappa shape index (κ2) is 8.12. The van der Waals surface area contributed by atoms with Gasteiger partial charge in [0, 0.05) is 16.1 Å². The Kier molecular flexibility index (Phi) is 5.16. The maximum absolute atomic E-state index is 13.2. The van der Waals surface area contributed by atoms with Gasteiger partial charge in [-0.3, -0.25) is 9.78 Å². The number of H-pyrrole nitrogens is 1. The maximum atomic E-state index is 13.2. The summed E-state index contributed by atoms with van der Waals surface area (Å²) in [4.78, 5) is 37.5. The van der Waals surface area contributed by atoms with Crippen molar-refractivity contribution in [3.63, 3.8) is 0 Å². The molecule has 156 valence electrons. The van der Waals surface area contributed by atoms with E-state index < -0.39 is 5.97 Å². The molecule has 0 aliphatic heterocycles. The summed E-state index contributed by atoms with van der Waals surface area (Å²) in [5.41, 5.74) is 3.50. The third kappa shape index (κ3) is 3.79. The highest BCUT2D eigenvalue weighted by Crippen LogP contribution is 2.29. The predicted molar refractivity (Wildman–Crippen MR) is 119 cm³/mol. The molecule has 1 aliphatic rings. The summed E-state index contributed by atoms with van der Waals surface area (Å²) in [7, 11) is 0. The molecule has 1 N–H and O–H groups in total. The van der Waals surface area contributed by atoms with Crippen molar-refractivity contribution in [2.24, 2.45) is 0 Å². The minimum atomic E-state index is -0.425. The minimum absolute atomic E-state index is 0.137. The van der Waals surface area contributed by atoms with Crippen LogP contribution in [0.5, 0.6) is 0 Å². The largest absolute Gasteiger partial charge is 0.454 e. The highest BCUT2D eigenvalue weighted by Gasteiger charge is 2.23. The van der Waals surface area contributed by atoms with Crippen molar-refractivity contribution < 1.29 is 9.53 Å². The lowest BCUT2D eigenvalue weighted by Crippen LogP contribution is -2.16. The zero-order valence-corrected chi connectivity index (χ0v) is 17.5. The molecule has 5 rings (SSSR count). The van der Waals surface area contributed by atoms with Crippen LogP contribution in [-0.2, 0) is 24.2 Å². The van der Waals surface area contributed by atoms with Crippen LogP contribution in [-0.4, -0.2) is 20.9 Å². The number of carbonyl (C=O) groups excluding carboxylic acids is 1. The lowest BCUT2D eigenvalue weighted by Gasteiger charge is -2.15. The van der Waals surface area contributed by atoms with Gasteiger partial charge >= 0.3 is 5.97 Å². The molecule has 0 atom stereocenters. The van der Waals surface area contributed by atoms with E-state index in [1.807, 2.05) is 24.3 Å². The summed E-state index contributed by atoms with van der Waals surface area (Å²) in [6, 6.07) is 12.5. The van der Waals surface area contributed by atoms with Crippen molar-refractivity contribution in [3.8, 4) is 0 Å². The van der Waals surface area contributed by atoms with Crippen LogP contribution in [0, 0.1) is 0 Å². The third-order valence-electron chi connectivity index (χ3n) is 5.68. The highest BCUT2D eigenvalue weighted by atomic mass is 35.5. The van der Waals surface area contributed by atoms with E-state index in [-0.39, 0.29) is 18.0 Å². The van der Waals surface area contributed by atoms with Crippen molar-refractivity contribution in [3.05, 3.63) is 80.5 Å². The van der Waals surface area contributed by atoms with Crippen LogP contribution < -0.4 is 5.56 Å². The zero-order chi connectivity index (χ0) is 21.4. The Morgan fingerprint density at radius 2 is 1.84 bits per heavy atom. The Labute approximate surface area is 183 Å². The number of hydrogen-bond acceptors (Lipinski definition) is 5. The Bertz CT molecular complexity index is 1380. The van der Waals surface area contributed by atoms with Gasteiger partial charge in [0.1, 0.15) is 12.4 Å². The van der Waals surface area contributed by atoms with Crippen molar-refractivity contribution in [2.75, 3.05) is 0 Å². The number of ether oxygens (including phenoxy) is 1. The first-order chi connectivity index (χ1) is 15.1. The number of benzene rings is 2. The van der Waals surface area contributed by atoms with E-state index in [0.717, 1.165) is 54.3 Å². The van der Waals surface area contributed by atoms with Crippen LogP contribution in [0.1, 0.15) is 46.7 Å². The number of aromatic amines is 1. The summed E-state index contributed by atoms with van der Waals surface area (Å²) in [6.45, 7) is -0.137. The molecule has 2 aromatic carbocycles. The number of aryl methyl sites for hydroxylation is 1. The summed E-state index contributed by atoms with van der Waals surface area (Å²) < 4.78 is 5.63. The number of para-hydroxylation sites is 1. The molecule has 7 heteroatoms. The predicted octanol–water partition coefficient (Wildman–Crippen LogP) is 4.75. The molecule has 0 unspecified atom stereocenters. The van der Waals surface area contributed by atoms with Gasteiger partial charge in [0.2, 0.25) is 0 Å². The molecule has 6 nitrogen and oxygen atoms in total. The van der Waals surface area contributed by atoms with Crippen LogP contribution in [0.3, 0.4) is 0 Å². The standard InChI is InChI=1S/C24H20ClN3O3/c25-14-10-11-17-20(12-14)27-21(28-23(17)29)13-31-24(30)22-15-6-2-1-3-8-18(15)26-19-9-5-4-7-16(19)22/h4-5,7,9-12H,1-3,6,8,13H2,(H,27,28,29). The zero-order valence-electron chi connectivity index (χ0n) is 16.8. The fourth-order valence-corrected chi connectivity index (χ4v) is 4.38. The van der Waals surface area contributed by atoms with Crippen LogP contribution in [0.25, 0.3) is 21.8 Å². The number of nitrogens with zero attached hydrogens (tertiary/aromatic N) is 2. The molecule has 0 fully saturated rings. The second-order valence-corrected chi connectivity index (χ2v) is 8.18. The van der Waals surface area contributed by atoms with Gasteiger partial charge in [0.25, 0.3) is 5.56 Å². The van der Waals surface area contributed by atoms with Gasteiger partial charge in [0.15, 0.2) is 0 Å². The van der Waals surface area contributed by atoms with Gasteiger partial charge in [-0.05, 0) is 55.5 Å². The van der Waals surface area contributed by atoms with Gasteiger partial charge in [0.05, 0.1) is 22.0 Å². The number of halogens is 1. The van der Waals surface area contributed by atoms with Gasteiger partial charge in [-0.25, -0.2) is 9.78 Å². The number of nitrogens with one attached hydrogen (secondary N) is 1. The molecule has 1 aliphatic carbocycles. The van der Waals surface area contributed by atoms with E-state index in [1.165, 1.54) is 0 Å². The first-order valence-electron chi connectivity index (χ1n) is 10.4. The van der Waals surface area contributed by atoms with Crippen molar-refractivity contribution in [1.29, 1.82) is 0 Å². The van der Waals surface area contributed by atoms with E-state index in [4.69, 9.17) is 21.3 Å². The number of esters is 1. The van der Waals surface area contributed by atoms with E-state index in [9.17, 15) is 9.59 Å². The first-order valence-corrected chi connectivity index (χ1v) is 10.7. The molecular weight excluding hydrogens is 414 g/mol. The van der Waals surface area contributed by atoms with E-state index >= 15 is 0 Å². The second-order valence-electron chi connectivity index (χ2n) is 7.74. The van der Waals surface area contributed by atoms with Gasteiger partial charge in [-0.1, -0.05) is 36.2 Å². The fraction of sp³-hybridized carbons (Fsp3) is 0.250. The van der Waals surface area contributed by atoms with Crippen LogP contribution in [0.2, 0.25) is 5.02 Å². The Morgan fingerprint density at radius 3 is 2.74 bits per heavy atom. The molecule has 0 radical (unpaired) electrons. The third-order valence-corrected chi connectivity index (χ3v) is 5.92. The van der Waals surface area contributed by atoms with E-state index in [0.29, 0.717) is 21.5 Å². The molecule has 0 amide bonds. The lowest BCUT2D eigenvalue weighted by molar-refractivity contribution is 0.0463. The number of aromatic nitrogens is 3. The molecule has 0 spiro atoms. The van der Waals surface area contributed by atoms with Crippen LogP contribution in [0.4, 0.5) is 0 Å². The topological polar surface area (TPSA) is 84.9 Å². The van der Waals surface area contributed by atoms with Crippen LogP contribution in [0.15, 0.2) is 47.3 Å². The molecule has 4 aromatic rings. The monoisotopic (exact) mass is 433 g/mol. The van der Waals surface area contributed by atoms with Gasteiger partial charge in [-0.15, -0.1) is 0 Å². The average Bonchev–Trinajstić information content (AvgIpc) is 3.00. The van der Waals surface area contributed by atoms with Crippen molar-refractivity contribution >= 4 is 39.4 Å². The smallest absolute Gasteiger partial charge is 0.339 e. The number of fused-ring (bicyclic) bond motifs is 3. The number of hydrogen-bond donors (Lipinski definition) is 1. The molecule has 2 aromatic heterocycles. The molecule has 0 bridgehead atoms. The first kappa shape index (κ1) is 19.7. The summed E-state index contributed by atoms with van der Waals surface area (Å²) in [6.07, 6.45) is 4.87. The normalized spacial score (nSPS) is 13.7. The Morgan fingerprint density at radius 1 is 1.00 bits per heavy atom. The quantitative estimate of drug-likeness (QED) is 0.372. The van der Waals surface area contributed by atoms with Crippen LogP contribution >= 0.6 is 11.6 Å². The number of rotatable bonds is 3. The Hall–Kier alpha value is -3.25. The Balaban J connectivity index is 1.50. The lowest BCUT2D eigenvalue weighted by atomic mass is 9.97. The van der Waals surface area contributed by atoms with E-state index in [2.05, 4.69) is 9.97 Å². The molecule has 2 heterocycles. The molecule has 0 saturated carbocycles. The van der Waals surface area contributed by atoms with E-state index in [1.54, 1.807) is 18.2 Å². The minimum Gasteiger partial charge on any atom is -0.454 e. The summed E-state index contributed by atoms with van der Waals surface area (Å²) in [5.74, 6) is -0.150. The average molecular weight is 434 g/mol. The van der Waals surface area contributed by atoms with Crippen molar-refractivity contribution in [2.45, 2.75) is 38.7 Å². The van der Waals surface area contributed by atoms with Gasteiger partial charge in [-0.2, -0.15) is 0 Å². The SMILES string of the molecule is O=C(OCc1nc2cc(Cl)ccc2c(=O)[nH]1)c1c2c(nc3ccccc13)CCCCC2. The summed E-state index contributed by atoms with van der Waals surface area (Å²) >= 11 is 6.02. The summed E-state index contributed by atoms with van der Waals surface area (Å²) in [5, 5.41) is 1.71.